The summed E-state index contributed by atoms with van der Waals surface area (Å²) in [5.41, 5.74) is 2.71. The molecule has 0 heterocycles. The van der Waals surface area contributed by atoms with Crippen molar-refractivity contribution in [3.63, 3.8) is 0 Å². The van der Waals surface area contributed by atoms with Gasteiger partial charge in [0.15, 0.2) is 6.61 Å². The number of nitrogens with one attached hydrogen (secondary N) is 1. The number of sulfone groups is 1. The van der Waals surface area contributed by atoms with E-state index >= 15 is 0 Å². The van der Waals surface area contributed by atoms with Gasteiger partial charge in [-0.2, -0.15) is 0 Å². The number of carbonyl (C=O) groups is 1. The van der Waals surface area contributed by atoms with Crippen molar-refractivity contribution in [3.8, 4) is 5.75 Å². The monoisotopic (exact) mass is 517 g/mol. The van der Waals surface area contributed by atoms with Crippen molar-refractivity contribution in [1.29, 1.82) is 0 Å². The number of carboxylic acid groups (broad SMARTS) is 1. The van der Waals surface area contributed by atoms with Crippen molar-refractivity contribution in [2.45, 2.75) is 36.2 Å². The van der Waals surface area contributed by atoms with Gasteiger partial charge < -0.3 is 20.3 Å². The second-order valence-electron chi connectivity index (χ2n) is 8.19. The van der Waals surface area contributed by atoms with Crippen LogP contribution in [0.15, 0.2) is 70.5 Å². The fraction of sp³-hybridized carbons (Fsp3) is 0.269. The second kappa shape index (κ2) is 11.7. The Bertz CT molecular complexity index is 1290. The molecule has 0 radical (unpaired) electrons. The van der Waals surface area contributed by atoms with Crippen LogP contribution in [0.25, 0.3) is 0 Å². The minimum absolute atomic E-state index is 0.0768. The maximum atomic E-state index is 13.2. The summed E-state index contributed by atoms with van der Waals surface area (Å²) < 4.78 is 31.8. The Morgan fingerprint density at radius 2 is 1.80 bits per heavy atom. The third-order valence-electron chi connectivity index (χ3n) is 5.58. The maximum Gasteiger partial charge on any atom is 0.341 e. The first-order chi connectivity index (χ1) is 16.6. The number of aliphatic carboxylic acids is 1. The number of aliphatic hydroxyl groups is 1. The number of rotatable bonds is 11. The highest BCUT2D eigenvalue weighted by Gasteiger charge is 2.23. The SMILES string of the molecule is Cc1ccc(S(=O)(=O)c2ccc(CCNC[C@H](O)c3cccc(Cl)c3)cc2)c(C)c1OCC(=O)O. The third-order valence-corrected chi connectivity index (χ3v) is 7.73. The van der Waals surface area contributed by atoms with E-state index in [2.05, 4.69) is 5.32 Å². The highest BCUT2D eigenvalue weighted by molar-refractivity contribution is 7.91. The smallest absolute Gasteiger partial charge is 0.341 e. The molecule has 0 bridgehead atoms. The zero-order valence-electron chi connectivity index (χ0n) is 19.5. The third kappa shape index (κ3) is 6.82. The van der Waals surface area contributed by atoms with Crippen LogP contribution in [-0.4, -0.2) is 44.3 Å². The van der Waals surface area contributed by atoms with Gasteiger partial charge in [-0.15, -0.1) is 0 Å². The van der Waals surface area contributed by atoms with E-state index in [4.69, 9.17) is 21.4 Å². The van der Waals surface area contributed by atoms with Crippen LogP contribution in [0.2, 0.25) is 5.02 Å². The summed E-state index contributed by atoms with van der Waals surface area (Å²) in [6, 6.07) is 16.8. The van der Waals surface area contributed by atoms with E-state index in [1.54, 1.807) is 62.4 Å². The first kappa shape index (κ1) is 26.7. The number of ether oxygens (including phenoxy) is 1. The van der Waals surface area contributed by atoms with Crippen LogP contribution in [0.1, 0.15) is 28.4 Å². The lowest BCUT2D eigenvalue weighted by Crippen LogP contribution is -2.23. The zero-order chi connectivity index (χ0) is 25.6. The lowest BCUT2D eigenvalue weighted by Gasteiger charge is -2.15. The number of halogens is 1. The highest BCUT2D eigenvalue weighted by Crippen LogP contribution is 2.32. The Hall–Kier alpha value is -2.91. The van der Waals surface area contributed by atoms with Gasteiger partial charge in [-0.25, -0.2) is 13.2 Å². The molecule has 3 aromatic carbocycles. The predicted molar refractivity (Wildman–Crippen MR) is 134 cm³/mol. The van der Waals surface area contributed by atoms with Gasteiger partial charge >= 0.3 is 5.97 Å². The summed E-state index contributed by atoms with van der Waals surface area (Å²) in [6.45, 7) is 3.76. The fourth-order valence-electron chi connectivity index (χ4n) is 3.72. The van der Waals surface area contributed by atoms with E-state index in [0.29, 0.717) is 35.7 Å². The van der Waals surface area contributed by atoms with Crippen molar-refractivity contribution in [2.24, 2.45) is 0 Å². The molecule has 3 rings (SSSR count). The summed E-state index contributed by atoms with van der Waals surface area (Å²) in [4.78, 5) is 11.1. The molecule has 3 N–H and O–H groups in total. The van der Waals surface area contributed by atoms with Gasteiger partial charge in [0.1, 0.15) is 5.75 Å². The summed E-state index contributed by atoms with van der Waals surface area (Å²) in [5.74, 6) is -0.878. The van der Waals surface area contributed by atoms with Crippen molar-refractivity contribution >= 4 is 27.4 Å². The fourth-order valence-corrected chi connectivity index (χ4v) is 5.41. The largest absolute Gasteiger partial charge is 0.481 e. The molecular formula is C26H28ClNO6S. The first-order valence-corrected chi connectivity index (χ1v) is 12.9. The molecule has 0 aromatic heterocycles. The van der Waals surface area contributed by atoms with Gasteiger partial charge in [-0.3, -0.25) is 0 Å². The molecule has 0 spiro atoms. The number of hydrogen-bond acceptors (Lipinski definition) is 6. The van der Waals surface area contributed by atoms with Gasteiger partial charge in [0, 0.05) is 17.1 Å². The van der Waals surface area contributed by atoms with E-state index in [1.807, 2.05) is 6.07 Å². The molecule has 0 saturated carbocycles. The standard InChI is InChI=1S/C26H28ClNO6S/c1-17-6-11-24(18(2)26(17)34-16-25(30)31)35(32,33)22-9-7-19(8-10-22)12-13-28-15-23(29)20-4-3-5-21(27)14-20/h3-11,14,23,28-29H,12-13,15-16H2,1-2H3,(H,30,31)/t23-/m0/s1. The van der Waals surface area contributed by atoms with Crippen LogP contribution in [0.5, 0.6) is 5.75 Å². The number of carboxylic acids is 1. The topological polar surface area (TPSA) is 113 Å². The average molecular weight is 518 g/mol. The number of aliphatic hydroxyl groups excluding tert-OH is 1. The predicted octanol–water partition coefficient (Wildman–Crippen LogP) is 4.12. The normalized spacial score (nSPS) is 12.3. The molecule has 7 nitrogen and oxygen atoms in total. The summed E-state index contributed by atoms with van der Waals surface area (Å²) >= 11 is 5.96. The Balaban J connectivity index is 1.64. The summed E-state index contributed by atoms with van der Waals surface area (Å²) in [5, 5.41) is 22.9. The molecule has 186 valence electrons. The number of aryl methyl sites for hydroxylation is 1. The second-order valence-corrected chi connectivity index (χ2v) is 10.5. The molecule has 0 fully saturated rings. The van der Waals surface area contributed by atoms with Gasteiger partial charge in [0.2, 0.25) is 9.84 Å². The molecule has 0 aliphatic carbocycles. The van der Waals surface area contributed by atoms with E-state index in [9.17, 15) is 18.3 Å². The van der Waals surface area contributed by atoms with E-state index < -0.39 is 28.5 Å². The Kier molecular flexibility index (Phi) is 8.91. The molecular weight excluding hydrogens is 490 g/mol. The van der Waals surface area contributed by atoms with E-state index in [-0.39, 0.29) is 15.5 Å². The Morgan fingerprint density at radius 3 is 2.46 bits per heavy atom. The molecule has 0 saturated heterocycles. The lowest BCUT2D eigenvalue weighted by molar-refractivity contribution is -0.139. The molecule has 0 unspecified atom stereocenters. The summed E-state index contributed by atoms with van der Waals surface area (Å²) in [7, 11) is -3.82. The van der Waals surface area contributed by atoms with E-state index in [0.717, 1.165) is 11.1 Å². The van der Waals surface area contributed by atoms with Crippen molar-refractivity contribution in [3.05, 3.63) is 87.9 Å². The minimum atomic E-state index is -3.82. The van der Waals surface area contributed by atoms with Crippen LogP contribution in [0.3, 0.4) is 0 Å². The summed E-state index contributed by atoms with van der Waals surface area (Å²) in [6.07, 6.45) is -0.0254. The number of hydrogen-bond donors (Lipinski definition) is 3. The highest BCUT2D eigenvalue weighted by atomic mass is 35.5. The van der Waals surface area contributed by atoms with Crippen molar-refractivity contribution in [2.75, 3.05) is 19.7 Å². The lowest BCUT2D eigenvalue weighted by atomic mass is 10.1. The molecule has 1 atom stereocenters. The number of benzene rings is 3. The minimum Gasteiger partial charge on any atom is -0.481 e. The average Bonchev–Trinajstić information content (AvgIpc) is 2.81. The van der Waals surface area contributed by atoms with Gasteiger partial charge in [-0.05, 0) is 73.8 Å². The van der Waals surface area contributed by atoms with Crippen LogP contribution in [-0.2, 0) is 21.1 Å². The van der Waals surface area contributed by atoms with E-state index in [1.165, 1.54) is 6.07 Å². The van der Waals surface area contributed by atoms with Crippen molar-refractivity contribution in [1.82, 2.24) is 5.32 Å². The molecule has 0 amide bonds. The molecule has 0 aliphatic rings. The molecule has 0 aliphatic heterocycles. The molecule has 35 heavy (non-hydrogen) atoms. The van der Waals surface area contributed by atoms with Crippen molar-refractivity contribution < 1.29 is 28.2 Å². The van der Waals surface area contributed by atoms with Gasteiger partial charge in [0.05, 0.1) is 15.9 Å². The quantitative estimate of drug-likeness (QED) is 0.328. The van der Waals surface area contributed by atoms with Crippen LogP contribution in [0.4, 0.5) is 0 Å². The first-order valence-electron chi connectivity index (χ1n) is 11.0. The van der Waals surface area contributed by atoms with Gasteiger partial charge in [-0.1, -0.05) is 41.9 Å². The molecule has 3 aromatic rings. The van der Waals surface area contributed by atoms with Crippen LogP contribution < -0.4 is 10.1 Å². The Labute approximate surface area is 210 Å². The molecule has 9 heteroatoms. The maximum absolute atomic E-state index is 13.2. The Morgan fingerprint density at radius 1 is 1.09 bits per heavy atom. The van der Waals surface area contributed by atoms with Crippen LogP contribution >= 0.6 is 11.6 Å². The van der Waals surface area contributed by atoms with Gasteiger partial charge in [0.25, 0.3) is 0 Å². The van der Waals surface area contributed by atoms with Crippen LogP contribution in [0, 0.1) is 13.8 Å². The zero-order valence-corrected chi connectivity index (χ0v) is 21.1.